The normalized spacial score (nSPS) is 27.0. The third-order valence-corrected chi connectivity index (χ3v) is 2.98. The van der Waals surface area contributed by atoms with Gasteiger partial charge < -0.3 is 5.32 Å². The standard InChI is InChI=1S/C7H13NS/c1-5(2)7-4-8-6(3)9-7/h5,7-8H,3-4H2,1-2H3. The lowest BCUT2D eigenvalue weighted by Gasteiger charge is -2.09. The molecule has 0 aromatic rings. The Labute approximate surface area is 60.9 Å². The molecule has 1 aliphatic heterocycles. The van der Waals surface area contributed by atoms with Gasteiger partial charge in [0.25, 0.3) is 0 Å². The van der Waals surface area contributed by atoms with Crippen molar-refractivity contribution in [1.82, 2.24) is 5.32 Å². The van der Waals surface area contributed by atoms with Gasteiger partial charge in [0.2, 0.25) is 0 Å². The summed E-state index contributed by atoms with van der Waals surface area (Å²) in [5.74, 6) is 0.766. The molecule has 1 heterocycles. The Bertz CT molecular complexity index is 120. The predicted molar refractivity (Wildman–Crippen MR) is 43.4 cm³/mol. The quantitative estimate of drug-likeness (QED) is 0.601. The molecular formula is C7H13NS. The van der Waals surface area contributed by atoms with Crippen molar-refractivity contribution in [2.45, 2.75) is 19.1 Å². The van der Waals surface area contributed by atoms with E-state index in [1.807, 2.05) is 11.8 Å². The molecule has 0 aromatic heterocycles. The Kier molecular flexibility index (Phi) is 2.06. The maximum absolute atomic E-state index is 3.84. The summed E-state index contributed by atoms with van der Waals surface area (Å²) in [5, 5.41) is 5.10. The van der Waals surface area contributed by atoms with Crippen LogP contribution >= 0.6 is 11.8 Å². The van der Waals surface area contributed by atoms with Crippen LogP contribution < -0.4 is 5.32 Å². The van der Waals surface area contributed by atoms with Crippen LogP contribution in [-0.2, 0) is 0 Å². The molecular weight excluding hydrogens is 130 g/mol. The zero-order valence-electron chi connectivity index (χ0n) is 5.98. The minimum Gasteiger partial charge on any atom is -0.379 e. The van der Waals surface area contributed by atoms with E-state index in [1.165, 1.54) is 0 Å². The van der Waals surface area contributed by atoms with Crippen molar-refractivity contribution in [2.24, 2.45) is 5.92 Å². The van der Waals surface area contributed by atoms with E-state index in [4.69, 9.17) is 0 Å². The van der Waals surface area contributed by atoms with Gasteiger partial charge in [-0.3, -0.25) is 0 Å². The molecule has 0 amide bonds. The SMILES string of the molecule is C=C1NCC(C(C)C)S1. The van der Waals surface area contributed by atoms with E-state index in [9.17, 15) is 0 Å². The maximum atomic E-state index is 3.84. The second-order valence-corrected chi connectivity index (χ2v) is 4.04. The molecule has 1 N–H and O–H groups in total. The lowest BCUT2D eigenvalue weighted by molar-refractivity contribution is 0.602. The van der Waals surface area contributed by atoms with Crippen LogP contribution in [0.4, 0.5) is 0 Å². The highest BCUT2D eigenvalue weighted by molar-refractivity contribution is 8.03. The molecule has 52 valence electrons. The molecule has 0 radical (unpaired) electrons. The Morgan fingerprint density at radius 1 is 1.78 bits per heavy atom. The van der Waals surface area contributed by atoms with Gasteiger partial charge in [0.1, 0.15) is 0 Å². The lowest BCUT2D eigenvalue weighted by Crippen LogP contribution is -2.16. The molecule has 2 heteroatoms. The number of thioether (sulfide) groups is 1. The number of nitrogens with one attached hydrogen (secondary N) is 1. The highest BCUT2D eigenvalue weighted by Gasteiger charge is 2.20. The smallest absolute Gasteiger partial charge is 0.0611 e. The number of rotatable bonds is 1. The van der Waals surface area contributed by atoms with Gasteiger partial charge in [-0.25, -0.2) is 0 Å². The molecule has 1 atom stereocenters. The molecule has 0 spiro atoms. The van der Waals surface area contributed by atoms with Crippen molar-refractivity contribution in [3.63, 3.8) is 0 Å². The summed E-state index contributed by atoms with van der Waals surface area (Å²) < 4.78 is 0. The third-order valence-electron chi connectivity index (χ3n) is 1.54. The van der Waals surface area contributed by atoms with Gasteiger partial charge in [-0.1, -0.05) is 20.4 Å². The first kappa shape index (κ1) is 7.00. The van der Waals surface area contributed by atoms with E-state index >= 15 is 0 Å². The first-order valence-corrected chi connectivity index (χ1v) is 4.17. The predicted octanol–water partition coefficient (Wildman–Crippen LogP) is 1.82. The Morgan fingerprint density at radius 2 is 2.44 bits per heavy atom. The average molecular weight is 143 g/mol. The molecule has 1 aliphatic rings. The maximum Gasteiger partial charge on any atom is 0.0611 e. The van der Waals surface area contributed by atoms with Crippen molar-refractivity contribution >= 4 is 11.8 Å². The van der Waals surface area contributed by atoms with Crippen molar-refractivity contribution in [3.05, 3.63) is 11.6 Å². The summed E-state index contributed by atoms with van der Waals surface area (Å²) >= 11 is 1.87. The lowest BCUT2D eigenvalue weighted by atomic mass is 10.1. The number of hydrogen-bond donors (Lipinski definition) is 1. The van der Waals surface area contributed by atoms with E-state index < -0.39 is 0 Å². The second kappa shape index (κ2) is 2.65. The van der Waals surface area contributed by atoms with Gasteiger partial charge in [-0.2, -0.15) is 0 Å². The molecule has 1 saturated heterocycles. The first-order chi connectivity index (χ1) is 4.20. The highest BCUT2D eigenvalue weighted by Crippen LogP contribution is 2.28. The van der Waals surface area contributed by atoms with Crippen LogP contribution in [-0.4, -0.2) is 11.8 Å². The Hall–Kier alpha value is -0.110. The van der Waals surface area contributed by atoms with Gasteiger partial charge in [-0.05, 0) is 5.92 Å². The van der Waals surface area contributed by atoms with Crippen molar-refractivity contribution < 1.29 is 0 Å². The summed E-state index contributed by atoms with van der Waals surface area (Å²) in [5.41, 5.74) is 0. The second-order valence-electron chi connectivity index (χ2n) is 2.70. The average Bonchev–Trinajstić information content (AvgIpc) is 2.14. The van der Waals surface area contributed by atoms with E-state index in [0.717, 1.165) is 22.7 Å². The Balaban J connectivity index is 2.39. The fraction of sp³-hybridized carbons (Fsp3) is 0.714. The van der Waals surface area contributed by atoms with Crippen LogP contribution in [0.5, 0.6) is 0 Å². The van der Waals surface area contributed by atoms with Crippen molar-refractivity contribution in [3.8, 4) is 0 Å². The van der Waals surface area contributed by atoms with Crippen LogP contribution in [0.1, 0.15) is 13.8 Å². The van der Waals surface area contributed by atoms with Crippen LogP contribution in [0, 0.1) is 5.92 Å². The van der Waals surface area contributed by atoms with Crippen LogP contribution in [0.15, 0.2) is 11.6 Å². The van der Waals surface area contributed by atoms with Gasteiger partial charge in [-0.15, -0.1) is 11.8 Å². The van der Waals surface area contributed by atoms with E-state index in [-0.39, 0.29) is 0 Å². The minimum absolute atomic E-state index is 0.748. The molecule has 0 aromatic carbocycles. The zero-order valence-corrected chi connectivity index (χ0v) is 6.79. The summed E-state index contributed by atoms with van der Waals surface area (Å²) in [6.07, 6.45) is 0. The molecule has 1 rings (SSSR count). The Morgan fingerprint density at radius 3 is 2.67 bits per heavy atom. The molecule has 1 unspecified atom stereocenters. The molecule has 9 heavy (non-hydrogen) atoms. The first-order valence-electron chi connectivity index (χ1n) is 3.29. The molecule has 1 fully saturated rings. The van der Waals surface area contributed by atoms with Crippen molar-refractivity contribution in [1.29, 1.82) is 0 Å². The number of hydrogen-bond acceptors (Lipinski definition) is 2. The van der Waals surface area contributed by atoms with Crippen LogP contribution in [0.3, 0.4) is 0 Å². The fourth-order valence-electron chi connectivity index (χ4n) is 0.852. The van der Waals surface area contributed by atoms with Gasteiger partial charge in [0.05, 0.1) is 5.03 Å². The highest BCUT2D eigenvalue weighted by atomic mass is 32.2. The fourth-order valence-corrected chi connectivity index (χ4v) is 1.82. The van der Waals surface area contributed by atoms with Crippen LogP contribution in [0.2, 0.25) is 0 Å². The molecule has 1 nitrogen and oxygen atoms in total. The monoisotopic (exact) mass is 143 g/mol. The van der Waals surface area contributed by atoms with E-state index in [1.54, 1.807) is 0 Å². The van der Waals surface area contributed by atoms with Gasteiger partial charge in [0, 0.05) is 11.8 Å². The van der Waals surface area contributed by atoms with Gasteiger partial charge in [0.15, 0.2) is 0 Å². The minimum atomic E-state index is 0.748. The van der Waals surface area contributed by atoms with E-state index in [0.29, 0.717) is 0 Å². The van der Waals surface area contributed by atoms with Gasteiger partial charge >= 0.3 is 0 Å². The molecule has 0 saturated carbocycles. The topological polar surface area (TPSA) is 12.0 Å². The third kappa shape index (κ3) is 1.65. The van der Waals surface area contributed by atoms with Crippen molar-refractivity contribution in [2.75, 3.05) is 6.54 Å². The summed E-state index contributed by atoms with van der Waals surface area (Å²) in [6.45, 7) is 9.43. The van der Waals surface area contributed by atoms with E-state index in [2.05, 4.69) is 25.7 Å². The summed E-state index contributed by atoms with van der Waals surface area (Å²) in [7, 11) is 0. The largest absolute Gasteiger partial charge is 0.379 e. The molecule has 0 aliphatic carbocycles. The summed E-state index contributed by atoms with van der Waals surface area (Å²) in [6, 6.07) is 0. The zero-order chi connectivity index (χ0) is 6.85. The van der Waals surface area contributed by atoms with Crippen LogP contribution in [0.25, 0.3) is 0 Å². The summed E-state index contributed by atoms with van der Waals surface area (Å²) in [4.78, 5) is 0. The molecule has 0 bridgehead atoms.